The fraction of sp³-hybridized carbons (Fsp3) is 0.737. The predicted octanol–water partition coefficient (Wildman–Crippen LogP) is 1.71. The van der Waals surface area contributed by atoms with E-state index in [9.17, 15) is 9.59 Å². The highest BCUT2D eigenvalue weighted by atomic mass is 16.5. The molecule has 1 unspecified atom stereocenters. The number of carbonyl (C=O) groups is 2. The number of likely N-dealkylation sites (tertiary alicyclic amines) is 1. The molecule has 146 valence electrons. The highest BCUT2D eigenvalue weighted by molar-refractivity contribution is 5.76. The van der Waals surface area contributed by atoms with Crippen LogP contribution in [0.3, 0.4) is 0 Å². The number of ether oxygens (including phenoxy) is 1. The Labute approximate surface area is 156 Å². The van der Waals surface area contributed by atoms with Crippen LogP contribution in [0.4, 0.5) is 0 Å². The Kier molecular flexibility index (Phi) is 7.63. The molecule has 1 fully saturated rings. The maximum Gasteiger partial charge on any atom is 0.307 e. The molecule has 26 heavy (non-hydrogen) atoms. The lowest BCUT2D eigenvalue weighted by atomic mass is 10.2. The summed E-state index contributed by atoms with van der Waals surface area (Å²) in [6.45, 7) is 6.06. The summed E-state index contributed by atoms with van der Waals surface area (Å²) >= 11 is 0. The van der Waals surface area contributed by atoms with Crippen molar-refractivity contribution in [1.29, 1.82) is 0 Å². The molecule has 0 radical (unpaired) electrons. The van der Waals surface area contributed by atoms with E-state index in [4.69, 9.17) is 4.74 Å². The van der Waals surface area contributed by atoms with Crippen molar-refractivity contribution >= 4 is 11.9 Å². The summed E-state index contributed by atoms with van der Waals surface area (Å²) in [5.41, 5.74) is 0. The highest BCUT2D eigenvalue weighted by Gasteiger charge is 2.27. The fourth-order valence-corrected chi connectivity index (χ4v) is 3.12. The number of esters is 1. The molecule has 1 amide bonds. The summed E-state index contributed by atoms with van der Waals surface area (Å²) in [6, 6.07) is 0.456. The Morgan fingerprint density at radius 1 is 1.38 bits per heavy atom. The molecule has 2 heterocycles. The van der Waals surface area contributed by atoms with Crippen molar-refractivity contribution in [3.63, 3.8) is 0 Å². The number of likely N-dealkylation sites (N-methyl/N-ethyl adjacent to an activating group) is 1. The first-order valence-electron chi connectivity index (χ1n) is 9.54. The lowest BCUT2D eigenvalue weighted by Crippen LogP contribution is -2.34. The Hall–Kier alpha value is -1.89. The number of amides is 1. The third kappa shape index (κ3) is 5.83. The second-order valence-corrected chi connectivity index (χ2v) is 7.24. The van der Waals surface area contributed by atoms with Gasteiger partial charge in [0.25, 0.3) is 0 Å². The van der Waals surface area contributed by atoms with Gasteiger partial charge in [0.05, 0.1) is 12.5 Å². The van der Waals surface area contributed by atoms with Crippen molar-refractivity contribution in [2.75, 3.05) is 27.2 Å². The molecule has 0 aliphatic carbocycles. The number of hydrogen-bond donors (Lipinski definition) is 0. The molecular weight excluding hydrogens is 332 g/mol. The minimum atomic E-state index is -0.193. The van der Waals surface area contributed by atoms with Crippen LogP contribution in [-0.4, -0.2) is 70.6 Å². The van der Waals surface area contributed by atoms with Crippen LogP contribution in [0.5, 0.6) is 0 Å². The van der Waals surface area contributed by atoms with Gasteiger partial charge in [-0.1, -0.05) is 6.92 Å². The fourth-order valence-electron chi connectivity index (χ4n) is 3.12. The van der Waals surface area contributed by atoms with Crippen molar-refractivity contribution in [1.82, 2.24) is 19.4 Å². The number of nitrogens with zero attached hydrogens (tertiary/aromatic N) is 4. The molecule has 2 atom stereocenters. The molecule has 1 aromatic rings. The first kappa shape index (κ1) is 20.4. The van der Waals surface area contributed by atoms with Crippen LogP contribution in [-0.2, 0) is 27.3 Å². The number of carbonyl (C=O) groups excluding carboxylic acids is 2. The summed E-state index contributed by atoms with van der Waals surface area (Å²) in [4.78, 5) is 32.7. The molecule has 1 saturated heterocycles. The van der Waals surface area contributed by atoms with Gasteiger partial charge in [0.15, 0.2) is 0 Å². The second kappa shape index (κ2) is 9.71. The van der Waals surface area contributed by atoms with Crippen molar-refractivity contribution < 1.29 is 14.3 Å². The van der Waals surface area contributed by atoms with Gasteiger partial charge in [0, 0.05) is 50.9 Å². The molecule has 1 aliphatic heterocycles. The van der Waals surface area contributed by atoms with Gasteiger partial charge in [0.2, 0.25) is 5.91 Å². The number of rotatable bonds is 9. The minimum absolute atomic E-state index is 0.0474. The Morgan fingerprint density at radius 3 is 2.81 bits per heavy atom. The monoisotopic (exact) mass is 364 g/mol. The molecule has 7 heteroatoms. The Bertz CT molecular complexity index is 599. The molecule has 0 bridgehead atoms. The second-order valence-electron chi connectivity index (χ2n) is 7.24. The van der Waals surface area contributed by atoms with Crippen molar-refractivity contribution in [2.45, 2.75) is 64.6 Å². The maximum atomic E-state index is 12.4. The van der Waals surface area contributed by atoms with Crippen LogP contribution in [0.15, 0.2) is 12.4 Å². The molecule has 0 aromatic carbocycles. The zero-order valence-corrected chi connectivity index (χ0v) is 16.5. The largest absolute Gasteiger partial charge is 0.463 e. The van der Waals surface area contributed by atoms with E-state index in [2.05, 4.69) is 24.0 Å². The first-order chi connectivity index (χ1) is 12.4. The SMILES string of the molecule is CCC(C)OC(=O)CCn1ccnc1CCC(=O)N1CC[C@H](N(C)C)C1. The summed E-state index contributed by atoms with van der Waals surface area (Å²) in [5.74, 6) is 0.833. The normalized spacial score (nSPS) is 18.3. The third-order valence-electron chi connectivity index (χ3n) is 5.07. The molecular formula is C19H32N4O3. The van der Waals surface area contributed by atoms with Gasteiger partial charge in [-0.05, 0) is 33.9 Å². The molecule has 0 N–H and O–H groups in total. The van der Waals surface area contributed by atoms with Crippen molar-refractivity contribution in [2.24, 2.45) is 0 Å². The Morgan fingerprint density at radius 2 is 2.15 bits per heavy atom. The van der Waals surface area contributed by atoms with Crippen LogP contribution >= 0.6 is 0 Å². The standard InChI is InChI=1S/C19H32N4O3/c1-5-15(2)26-19(25)9-12-22-13-10-20-17(22)6-7-18(24)23-11-8-16(14-23)21(3)4/h10,13,15-16H,5-9,11-12,14H2,1-4H3/t15?,16-/m0/s1. The summed E-state index contributed by atoms with van der Waals surface area (Å²) in [7, 11) is 4.11. The molecule has 0 spiro atoms. The van der Waals surface area contributed by atoms with Gasteiger partial charge in [-0.3, -0.25) is 9.59 Å². The topological polar surface area (TPSA) is 67.7 Å². The van der Waals surface area contributed by atoms with Crippen LogP contribution < -0.4 is 0 Å². The van der Waals surface area contributed by atoms with E-state index in [1.165, 1.54) is 0 Å². The van der Waals surface area contributed by atoms with E-state index in [1.54, 1.807) is 6.20 Å². The van der Waals surface area contributed by atoms with Gasteiger partial charge < -0.3 is 19.1 Å². The number of imidazole rings is 1. The van der Waals surface area contributed by atoms with E-state index >= 15 is 0 Å². The summed E-state index contributed by atoms with van der Waals surface area (Å²) in [5, 5.41) is 0. The number of aromatic nitrogens is 2. The van der Waals surface area contributed by atoms with E-state index < -0.39 is 0 Å². The summed E-state index contributed by atoms with van der Waals surface area (Å²) in [6.07, 6.45) is 6.74. The molecule has 7 nitrogen and oxygen atoms in total. The molecule has 1 aliphatic rings. The van der Waals surface area contributed by atoms with Gasteiger partial charge in [-0.15, -0.1) is 0 Å². The van der Waals surface area contributed by atoms with Gasteiger partial charge >= 0.3 is 5.97 Å². The summed E-state index contributed by atoms with van der Waals surface area (Å²) < 4.78 is 7.24. The number of aryl methyl sites for hydroxylation is 2. The van der Waals surface area contributed by atoms with Gasteiger partial charge in [-0.2, -0.15) is 0 Å². The smallest absolute Gasteiger partial charge is 0.307 e. The van der Waals surface area contributed by atoms with Gasteiger partial charge in [0.1, 0.15) is 5.82 Å². The number of hydrogen-bond acceptors (Lipinski definition) is 5. The Balaban J connectivity index is 1.78. The zero-order valence-electron chi connectivity index (χ0n) is 16.5. The van der Waals surface area contributed by atoms with E-state index in [0.717, 1.165) is 31.8 Å². The highest BCUT2D eigenvalue weighted by Crippen LogP contribution is 2.15. The van der Waals surface area contributed by atoms with Crippen molar-refractivity contribution in [3.8, 4) is 0 Å². The predicted molar refractivity (Wildman–Crippen MR) is 99.7 cm³/mol. The van der Waals surface area contributed by atoms with Crippen LogP contribution in [0.1, 0.15) is 45.4 Å². The average Bonchev–Trinajstić information content (AvgIpc) is 3.27. The van der Waals surface area contributed by atoms with E-state index in [0.29, 0.717) is 31.8 Å². The van der Waals surface area contributed by atoms with E-state index in [-0.39, 0.29) is 18.0 Å². The minimum Gasteiger partial charge on any atom is -0.463 e. The molecule has 0 saturated carbocycles. The lowest BCUT2D eigenvalue weighted by Gasteiger charge is -2.20. The van der Waals surface area contributed by atoms with Crippen LogP contribution in [0.2, 0.25) is 0 Å². The van der Waals surface area contributed by atoms with E-state index in [1.807, 2.05) is 29.5 Å². The van der Waals surface area contributed by atoms with Gasteiger partial charge in [-0.25, -0.2) is 4.98 Å². The first-order valence-corrected chi connectivity index (χ1v) is 9.54. The zero-order chi connectivity index (χ0) is 19.1. The third-order valence-corrected chi connectivity index (χ3v) is 5.07. The molecule has 2 rings (SSSR count). The van der Waals surface area contributed by atoms with Crippen LogP contribution in [0, 0.1) is 0 Å². The van der Waals surface area contributed by atoms with Crippen LogP contribution in [0.25, 0.3) is 0 Å². The van der Waals surface area contributed by atoms with Crippen molar-refractivity contribution in [3.05, 3.63) is 18.2 Å². The maximum absolute atomic E-state index is 12.4. The quantitative estimate of drug-likeness (QED) is 0.624. The average molecular weight is 364 g/mol. The molecule has 1 aromatic heterocycles. The lowest BCUT2D eigenvalue weighted by molar-refractivity contribution is -0.148.